The van der Waals surface area contributed by atoms with Gasteiger partial charge in [-0.25, -0.2) is 4.90 Å². The summed E-state index contributed by atoms with van der Waals surface area (Å²) in [6.45, 7) is 0. The molecule has 2 amide bonds. The first-order chi connectivity index (χ1) is 11.6. The maximum Gasteiger partial charge on any atom is 0.266 e. The summed E-state index contributed by atoms with van der Waals surface area (Å²) in [6, 6.07) is 14.5. The molecule has 0 saturated heterocycles. The standard InChI is InChI=1S/C20H17NO3/c22-16-11-7-14(8-12-16)13-5-9-15(10-6-13)21-19(23)17-3-1-2-4-18(17)20(21)24/h1-6,9-10,14H,7-8,11-12H2. The van der Waals surface area contributed by atoms with Crippen LogP contribution in [0.3, 0.4) is 0 Å². The number of benzene rings is 2. The van der Waals surface area contributed by atoms with Crippen LogP contribution < -0.4 is 4.90 Å². The third kappa shape index (κ3) is 2.35. The summed E-state index contributed by atoms with van der Waals surface area (Å²) in [5.74, 6) is 0.186. The van der Waals surface area contributed by atoms with Gasteiger partial charge in [0, 0.05) is 12.8 Å². The van der Waals surface area contributed by atoms with Crippen LogP contribution in [-0.2, 0) is 4.79 Å². The van der Waals surface area contributed by atoms with Gasteiger partial charge in [0.15, 0.2) is 0 Å². The summed E-state index contributed by atoms with van der Waals surface area (Å²) >= 11 is 0. The van der Waals surface area contributed by atoms with Gasteiger partial charge in [-0.1, -0.05) is 24.3 Å². The SMILES string of the molecule is O=C1CCC(c2ccc(N3C(=O)c4ccccc4C3=O)cc2)CC1. The van der Waals surface area contributed by atoms with Crippen molar-refractivity contribution in [1.82, 2.24) is 0 Å². The Bertz CT molecular complexity index is 793. The molecule has 1 aliphatic heterocycles. The fraction of sp³-hybridized carbons (Fsp3) is 0.250. The maximum absolute atomic E-state index is 12.5. The van der Waals surface area contributed by atoms with Gasteiger partial charge >= 0.3 is 0 Å². The van der Waals surface area contributed by atoms with E-state index in [1.54, 1.807) is 24.3 Å². The van der Waals surface area contributed by atoms with Crippen LogP contribution in [0.15, 0.2) is 48.5 Å². The Balaban J connectivity index is 1.59. The van der Waals surface area contributed by atoms with Crippen LogP contribution in [0.5, 0.6) is 0 Å². The largest absolute Gasteiger partial charge is 0.300 e. The summed E-state index contributed by atoms with van der Waals surface area (Å²) in [5, 5.41) is 0. The van der Waals surface area contributed by atoms with Gasteiger partial charge in [-0.15, -0.1) is 0 Å². The normalized spacial score (nSPS) is 18.2. The Morgan fingerprint density at radius 3 is 1.83 bits per heavy atom. The number of carbonyl (C=O) groups excluding carboxylic acids is 3. The Labute approximate surface area is 140 Å². The minimum absolute atomic E-state index is 0.272. The molecule has 0 unspecified atom stereocenters. The maximum atomic E-state index is 12.5. The van der Waals surface area contributed by atoms with Crippen molar-refractivity contribution in [2.45, 2.75) is 31.6 Å². The van der Waals surface area contributed by atoms with E-state index < -0.39 is 0 Å². The Hall–Kier alpha value is -2.75. The molecule has 4 rings (SSSR count). The number of nitrogens with zero attached hydrogens (tertiary/aromatic N) is 1. The molecular weight excluding hydrogens is 302 g/mol. The highest BCUT2D eigenvalue weighted by molar-refractivity contribution is 6.34. The minimum atomic E-state index is -0.272. The molecule has 0 aromatic heterocycles. The van der Waals surface area contributed by atoms with Gasteiger partial charge in [0.25, 0.3) is 11.8 Å². The number of amides is 2. The molecule has 1 saturated carbocycles. The van der Waals surface area contributed by atoms with Crippen LogP contribution in [0.1, 0.15) is 57.9 Å². The average molecular weight is 319 g/mol. The second-order valence-corrected chi connectivity index (χ2v) is 6.40. The van der Waals surface area contributed by atoms with Crippen molar-refractivity contribution in [2.24, 2.45) is 0 Å². The lowest BCUT2D eigenvalue weighted by atomic mass is 9.83. The first kappa shape index (κ1) is 14.8. The monoisotopic (exact) mass is 319 g/mol. The molecule has 1 fully saturated rings. The summed E-state index contributed by atoms with van der Waals surface area (Å²) < 4.78 is 0. The molecule has 120 valence electrons. The van der Waals surface area contributed by atoms with Crippen molar-refractivity contribution in [3.05, 3.63) is 65.2 Å². The number of anilines is 1. The van der Waals surface area contributed by atoms with E-state index in [9.17, 15) is 14.4 Å². The van der Waals surface area contributed by atoms with E-state index in [1.165, 1.54) is 10.5 Å². The first-order valence-corrected chi connectivity index (χ1v) is 8.24. The van der Waals surface area contributed by atoms with Crippen LogP contribution >= 0.6 is 0 Å². The number of ketones is 1. The second kappa shape index (κ2) is 5.71. The van der Waals surface area contributed by atoms with Crippen molar-refractivity contribution in [2.75, 3.05) is 4.90 Å². The number of rotatable bonds is 2. The predicted molar refractivity (Wildman–Crippen MR) is 90.2 cm³/mol. The van der Waals surface area contributed by atoms with Crippen molar-refractivity contribution >= 4 is 23.3 Å². The van der Waals surface area contributed by atoms with E-state index in [4.69, 9.17) is 0 Å². The van der Waals surface area contributed by atoms with E-state index in [2.05, 4.69) is 0 Å². The third-order valence-corrected chi connectivity index (χ3v) is 4.96. The molecule has 1 aliphatic carbocycles. The zero-order chi connectivity index (χ0) is 16.7. The second-order valence-electron chi connectivity index (χ2n) is 6.40. The van der Waals surface area contributed by atoms with Crippen LogP contribution in [-0.4, -0.2) is 17.6 Å². The fourth-order valence-electron chi connectivity index (χ4n) is 3.59. The van der Waals surface area contributed by atoms with Crippen molar-refractivity contribution in [3.8, 4) is 0 Å². The topological polar surface area (TPSA) is 54.5 Å². The summed E-state index contributed by atoms with van der Waals surface area (Å²) in [6.07, 6.45) is 3.05. The fourth-order valence-corrected chi connectivity index (χ4v) is 3.59. The van der Waals surface area contributed by atoms with E-state index in [0.29, 0.717) is 41.4 Å². The number of hydrogen-bond donors (Lipinski definition) is 0. The summed E-state index contributed by atoms with van der Waals surface area (Å²) in [5.41, 5.74) is 2.68. The number of fused-ring (bicyclic) bond motifs is 1. The Morgan fingerprint density at radius 2 is 1.29 bits per heavy atom. The van der Waals surface area contributed by atoms with Crippen molar-refractivity contribution in [1.29, 1.82) is 0 Å². The molecule has 0 bridgehead atoms. The zero-order valence-corrected chi connectivity index (χ0v) is 13.2. The molecule has 4 heteroatoms. The molecule has 0 spiro atoms. The summed E-state index contributed by atoms with van der Waals surface area (Å²) in [4.78, 5) is 37.6. The number of imide groups is 1. The molecule has 0 N–H and O–H groups in total. The highest BCUT2D eigenvalue weighted by atomic mass is 16.2. The molecule has 0 atom stereocenters. The van der Waals surface area contributed by atoms with Crippen LogP contribution in [0.4, 0.5) is 5.69 Å². The molecular formula is C20H17NO3. The first-order valence-electron chi connectivity index (χ1n) is 8.24. The Morgan fingerprint density at radius 1 is 0.750 bits per heavy atom. The minimum Gasteiger partial charge on any atom is -0.300 e. The molecule has 2 aliphatic rings. The number of carbonyl (C=O) groups is 3. The molecule has 1 heterocycles. The van der Waals surface area contributed by atoms with Crippen molar-refractivity contribution < 1.29 is 14.4 Å². The molecule has 0 radical (unpaired) electrons. The average Bonchev–Trinajstić information content (AvgIpc) is 2.87. The van der Waals surface area contributed by atoms with Crippen LogP contribution in [0, 0.1) is 0 Å². The van der Waals surface area contributed by atoms with Gasteiger partial charge in [0.05, 0.1) is 16.8 Å². The summed E-state index contributed by atoms with van der Waals surface area (Å²) in [7, 11) is 0. The molecule has 2 aromatic carbocycles. The van der Waals surface area contributed by atoms with Crippen molar-refractivity contribution in [3.63, 3.8) is 0 Å². The van der Waals surface area contributed by atoms with E-state index in [-0.39, 0.29) is 11.8 Å². The molecule has 24 heavy (non-hydrogen) atoms. The lowest BCUT2D eigenvalue weighted by molar-refractivity contribution is -0.120. The predicted octanol–water partition coefficient (Wildman–Crippen LogP) is 3.71. The van der Waals surface area contributed by atoms with Crippen LogP contribution in [0.25, 0.3) is 0 Å². The lowest BCUT2D eigenvalue weighted by Gasteiger charge is -2.22. The van der Waals surface area contributed by atoms with Gasteiger partial charge in [-0.05, 0) is 48.6 Å². The van der Waals surface area contributed by atoms with Gasteiger partial charge in [-0.3, -0.25) is 14.4 Å². The zero-order valence-electron chi connectivity index (χ0n) is 13.2. The lowest BCUT2D eigenvalue weighted by Crippen LogP contribution is -2.29. The van der Waals surface area contributed by atoms with Gasteiger partial charge in [-0.2, -0.15) is 0 Å². The smallest absolute Gasteiger partial charge is 0.266 e. The Kier molecular flexibility index (Phi) is 3.53. The van der Waals surface area contributed by atoms with E-state index in [1.807, 2.05) is 24.3 Å². The highest BCUT2D eigenvalue weighted by Gasteiger charge is 2.36. The molecule has 2 aromatic rings. The van der Waals surface area contributed by atoms with Gasteiger partial charge in [0.2, 0.25) is 0 Å². The van der Waals surface area contributed by atoms with Gasteiger partial charge < -0.3 is 0 Å². The highest BCUT2D eigenvalue weighted by Crippen LogP contribution is 2.33. The van der Waals surface area contributed by atoms with E-state index >= 15 is 0 Å². The van der Waals surface area contributed by atoms with Crippen LogP contribution in [0.2, 0.25) is 0 Å². The molecule has 4 nitrogen and oxygen atoms in total. The third-order valence-electron chi connectivity index (χ3n) is 4.96. The number of Topliss-reactive ketones (excluding diaryl/α,β-unsaturated/α-hetero) is 1. The van der Waals surface area contributed by atoms with Gasteiger partial charge in [0.1, 0.15) is 5.78 Å². The quantitative estimate of drug-likeness (QED) is 0.793. The van der Waals surface area contributed by atoms with E-state index in [0.717, 1.165) is 12.8 Å². The number of hydrogen-bond acceptors (Lipinski definition) is 3.